The summed E-state index contributed by atoms with van der Waals surface area (Å²) in [5, 5.41) is 4.29. The van der Waals surface area contributed by atoms with E-state index in [4.69, 9.17) is 15.5 Å². The van der Waals surface area contributed by atoms with Crippen LogP contribution in [0.25, 0.3) is 21.0 Å². The van der Waals surface area contributed by atoms with Crippen LogP contribution in [0.3, 0.4) is 0 Å². The van der Waals surface area contributed by atoms with Gasteiger partial charge in [0.25, 0.3) is 0 Å². The van der Waals surface area contributed by atoms with Crippen molar-refractivity contribution in [2.45, 2.75) is 43.9 Å². The van der Waals surface area contributed by atoms with Crippen LogP contribution in [0, 0.1) is 5.92 Å². The van der Waals surface area contributed by atoms with Crippen molar-refractivity contribution in [2.24, 2.45) is 5.92 Å². The number of fused-ring (bicyclic) bond motifs is 4. The maximum Gasteiger partial charge on any atom is 0.191 e. The minimum atomic E-state index is 0.238. The first-order valence-electron chi connectivity index (χ1n) is 9.88. The van der Waals surface area contributed by atoms with Crippen LogP contribution in [0.2, 0.25) is 0 Å². The summed E-state index contributed by atoms with van der Waals surface area (Å²) in [6.07, 6.45) is 1.13. The van der Waals surface area contributed by atoms with Gasteiger partial charge in [-0.3, -0.25) is 0 Å². The minimum Gasteiger partial charge on any atom is -0.383 e. The van der Waals surface area contributed by atoms with Gasteiger partial charge in [-0.25, -0.2) is 9.97 Å². The molecule has 6 heteroatoms. The van der Waals surface area contributed by atoms with Crippen LogP contribution in [-0.2, 0) is 23.5 Å². The minimum absolute atomic E-state index is 0.238. The second-order valence-electron chi connectivity index (χ2n) is 7.84. The van der Waals surface area contributed by atoms with Crippen LogP contribution in [0.15, 0.2) is 47.6 Å². The molecule has 0 fully saturated rings. The van der Waals surface area contributed by atoms with Gasteiger partial charge in [-0.2, -0.15) is 0 Å². The van der Waals surface area contributed by atoms with E-state index in [1.807, 2.05) is 0 Å². The second kappa shape index (κ2) is 7.59. The lowest BCUT2D eigenvalue weighted by Gasteiger charge is -2.26. The molecule has 1 unspecified atom stereocenters. The highest BCUT2D eigenvalue weighted by molar-refractivity contribution is 7.98. The van der Waals surface area contributed by atoms with Crippen LogP contribution in [0.4, 0.5) is 5.82 Å². The van der Waals surface area contributed by atoms with Gasteiger partial charge in [-0.1, -0.05) is 68.1 Å². The summed E-state index contributed by atoms with van der Waals surface area (Å²) in [5.74, 6) is 1.90. The molecule has 2 aromatic heterocycles. The van der Waals surface area contributed by atoms with Gasteiger partial charge in [-0.05, 0) is 27.8 Å². The molecule has 4 nitrogen and oxygen atoms in total. The molecule has 0 aliphatic carbocycles. The number of hydrogen-bond acceptors (Lipinski definition) is 6. The maximum atomic E-state index is 6.39. The number of anilines is 1. The lowest BCUT2D eigenvalue weighted by molar-refractivity contribution is 0.00203. The molecule has 0 radical (unpaired) electrons. The van der Waals surface area contributed by atoms with Crippen molar-refractivity contribution in [1.82, 2.24) is 9.97 Å². The molecule has 1 aliphatic heterocycles. The Kier molecular flexibility index (Phi) is 4.94. The molecule has 0 saturated heterocycles. The maximum absolute atomic E-state index is 6.39. The van der Waals surface area contributed by atoms with Gasteiger partial charge in [0, 0.05) is 17.1 Å². The monoisotopic (exact) mass is 421 g/mol. The van der Waals surface area contributed by atoms with E-state index >= 15 is 0 Å². The molecule has 4 aromatic rings. The van der Waals surface area contributed by atoms with Crippen molar-refractivity contribution < 1.29 is 4.74 Å². The Morgan fingerprint density at radius 2 is 2.00 bits per heavy atom. The molecular weight excluding hydrogens is 398 g/mol. The summed E-state index contributed by atoms with van der Waals surface area (Å²) in [4.78, 5) is 11.7. The molecule has 2 aromatic carbocycles. The van der Waals surface area contributed by atoms with E-state index in [0.717, 1.165) is 27.5 Å². The van der Waals surface area contributed by atoms with E-state index < -0.39 is 0 Å². The average molecular weight is 422 g/mol. The topological polar surface area (TPSA) is 61.0 Å². The number of nitrogen functional groups attached to an aromatic ring is 1. The molecule has 5 rings (SSSR count). The average Bonchev–Trinajstić information content (AvgIpc) is 3.10. The molecule has 1 atom stereocenters. The fraction of sp³-hybridized carbons (Fsp3) is 0.304. The second-order valence-corrected chi connectivity index (χ2v) is 9.87. The third-order valence-electron chi connectivity index (χ3n) is 5.50. The SMILES string of the molecule is CC(C)C1Cc2c(sc3nc(SCc4ccc5ccccc5c4)nc(N)c23)CO1. The number of benzene rings is 2. The van der Waals surface area contributed by atoms with Crippen molar-refractivity contribution in [1.29, 1.82) is 0 Å². The number of ether oxygens (including phenoxy) is 1. The summed E-state index contributed by atoms with van der Waals surface area (Å²) in [5.41, 5.74) is 8.94. The Labute approximate surface area is 178 Å². The predicted molar refractivity (Wildman–Crippen MR) is 122 cm³/mol. The lowest BCUT2D eigenvalue weighted by atomic mass is 9.96. The number of aromatic nitrogens is 2. The largest absolute Gasteiger partial charge is 0.383 e. The van der Waals surface area contributed by atoms with Crippen LogP contribution in [0.5, 0.6) is 0 Å². The molecule has 148 valence electrons. The van der Waals surface area contributed by atoms with Crippen molar-refractivity contribution in [3.63, 3.8) is 0 Å². The fourth-order valence-corrected chi connectivity index (χ4v) is 5.84. The van der Waals surface area contributed by atoms with Crippen molar-refractivity contribution in [2.75, 3.05) is 5.73 Å². The highest BCUT2D eigenvalue weighted by atomic mass is 32.2. The van der Waals surface area contributed by atoms with Crippen LogP contribution in [-0.4, -0.2) is 16.1 Å². The number of thioether (sulfide) groups is 1. The van der Waals surface area contributed by atoms with Crippen molar-refractivity contribution in [3.8, 4) is 0 Å². The van der Waals surface area contributed by atoms with Gasteiger partial charge >= 0.3 is 0 Å². The van der Waals surface area contributed by atoms with Gasteiger partial charge in [0.2, 0.25) is 0 Å². The third-order valence-corrected chi connectivity index (χ3v) is 7.52. The molecule has 1 aliphatic rings. The first-order valence-corrected chi connectivity index (χ1v) is 11.7. The Morgan fingerprint density at radius 3 is 2.83 bits per heavy atom. The number of rotatable bonds is 4. The smallest absolute Gasteiger partial charge is 0.191 e. The Morgan fingerprint density at radius 1 is 1.17 bits per heavy atom. The molecule has 3 heterocycles. The fourth-order valence-electron chi connectivity index (χ4n) is 3.86. The lowest BCUT2D eigenvalue weighted by Crippen LogP contribution is -2.26. The first-order chi connectivity index (χ1) is 14.1. The number of nitrogens with two attached hydrogens (primary N) is 1. The van der Waals surface area contributed by atoms with Crippen molar-refractivity contribution >= 4 is 49.9 Å². The molecule has 2 N–H and O–H groups in total. The van der Waals surface area contributed by atoms with Crippen LogP contribution >= 0.6 is 23.1 Å². The zero-order chi connectivity index (χ0) is 20.0. The van der Waals surface area contributed by atoms with E-state index in [1.165, 1.54) is 26.8 Å². The van der Waals surface area contributed by atoms with Crippen LogP contribution < -0.4 is 5.73 Å². The van der Waals surface area contributed by atoms with Crippen molar-refractivity contribution in [3.05, 3.63) is 58.5 Å². The summed E-state index contributed by atoms with van der Waals surface area (Å²) in [6.45, 7) is 5.05. The summed E-state index contributed by atoms with van der Waals surface area (Å²) >= 11 is 3.33. The Bertz CT molecular complexity index is 1200. The van der Waals surface area contributed by atoms with Gasteiger partial charge < -0.3 is 10.5 Å². The zero-order valence-electron chi connectivity index (χ0n) is 16.5. The summed E-state index contributed by atoms with van der Waals surface area (Å²) < 4.78 is 6.02. The third kappa shape index (κ3) is 3.61. The van der Waals surface area contributed by atoms with Gasteiger partial charge in [0.05, 0.1) is 18.1 Å². The number of thiophene rings is 1. The van der Waals surface area contributed by atoms with E-state index in [2.05, 4.69) is 61.3 Å². The standard InChI is InChI=1S/C23H23N3OS2/c1-13(2)18-10-17-19(11-27-18)29-22-20(17)21(24)25-23(26-22)28-12-14-7-8-15-5-3-4-6-16(15)9-14/h3-9,13,18H,10-12H2,1-2H3,(H2,24,25,26). The van der Waals surface area contributed by atoms with E-state index in [0.29, 0.717) is 18.3 Å². The predicted octanol–water partition coefficient (Wildman–Crippen LogP) is 5.82. The van der Waals surface area contributed by atoms with Gasteiger partial charge in [0.15, 0.2) is 5.16 Å². The first kappa shape index (κ1) is 18.9. The van der Waals surface area contributed by atoms with Gasteiger partial charge in [-0.15, -0.1) is 11.3 Å². The molecule has 0 amide bonds. The zero-order valence-corrected chi connectivity index (χ0v) is 18.1. The number of hydrogen-bond donors (Lipinski definition) is 1. The van der Waals surface area contributed by atoms with E-state index in [1.54, 1.807) is 23.1 Å². The number of nitrogens with zero attached hydrogens (tertiary/aromatic N) is 2. The highest BCUT2D eigenvalue weighted by Gasteiger charge is 2.27. The van der Waals surface area contributed by atoms with Crippen LogP contribution in [0.1, 0.15) is 29.9 Å². The van der Waals surface area contributed by atoms with E-state index in [9.17, 15) is 0 Å². The molecule has 0 spiro atoms. The molecule has 0 saturated carbocycles. The quantitative estimate of drug-likeness (QED) is 0.332. The Balaban J connectivity index is 1.41. The normalized spacial score (nSPS) is 16.6. The Hall–Kier alpha value is -2.15. The summed E-state index contributed by atoms with van der Waals surface area (Å²) in [7, 11) is 0. The molecule has 0 bridgehead atoms. The molecular formula is C23H23N3OS2. The molecule has 29 heavy (non-hydrogen) atoms. The summed E-state index contributed by atoms with van der Waals surface area (Å²) in [6, 6.07) is 15.0. The highest BCUT2D eigenvalue weighted by Crippen LogP contribution is 2.39. The van der Waals surface area contributed by atoms with Gasteiger partial charge in [0.1, 0.15) is 10.6 Å². The van der Waals surface area contributed by atoms with E-state index in [-0.39, 0.29) is 6.10 Å².